The minimum atomic E-state index is -2.96. The van der Waals surface area contributed by atoms with Gasteiger partial charge in [-0.15, -0.1) is 0 Å². The fourth-order valence-corrected chi connectivity index (χ4v) is 4.25. The number of methoxy groups -OCH3 is 2. The van der Waals surface area contributed by atoms with Gasteiger partial charge in [-0.05, 0) is 12.3 Å². The number of rotatable bonds is 5. The standard InChI is InChI=1S/C14H19NO5S/c1-19-12-6-11(7-13(8-12)20-2)15-14(16)5-10-3-4-21(17,18)9-10/h6-8,10H,3-5,9H2,1-2H3,(H,15,16)/t10-/m0/s1. The lowest BCUT2D eigenvalue weighted by atomic mass is 10.1. The Morgan fingerprint density at radius 1 is 1.24 bits per heavy atom. The summed E-state index contributed by atoms with van der Waals surface area (Å²) < 4.78 is 33.0. The van der Waals surface area contributed by atoms with Crippen LogP contribution in [0.1, 0.15) is 12.8 Å². The fourth-order valence-electron chi connectivity index (χ4n) is 2.39. The Kier molecular flexibility index (Phi) is 4.72. The predicted molar refractivity (Wildman–Crippen MR) is 79.6 cm³/mol. The van der Waals surface area contributed by atoms with E-state index in [2.05, 4.69) is 5.32 Å². The molecule has 7 heteroatoms. The molecule has 2 rings (SSSR count). The Labute approximate surface area is 124 Å². The van der Waals surface area contributed by atoms with Crippen molar-refractivity contribution in [3.8, 4) is 11.5 Å². The summed E-state index contributed by atoms with van der Waals surface area (Å²) in [4.78, 5) is 12.0. The monoisotopic (exact) mass is 313 g/mol. The molecule has 1 aliphatic heterocycles. The van der Waals surface area contributed by atoms with E-state index in [1.165, 1.54) is 14.2 Å². The Morgan fingerprint density at radius 3 is 2.33 bits per heavy atom. The Balaban J connectivity index is 1.99. The molecule has 21 heavy (non-hydrogen) atoms. The molecule has 1 heterocycles. The van der Waals surface area contributed by atoms with Crippen LogP contribution in [0, 0.1) is 5.92 Å². The summed E-state index contributed by atoms with van der Waals surface area (Å²) in [5, 5.41) is 2.75. The molecule has 6 nitrogen and oxygen atoms in total. The maximum absolute atomic E-state index is 12.0. The second kappa shape index (κ2) is 6.34. The highest BCUT2D eigenvalue weighted by Crippen LogP contribution is 2.27. The van der Waals surface area contributed by atoms with Crippen LogP contribution in [0.25, 0.3) is 0 Å². The van der Waals surface area contributed by atoms with Gasteiger partial charge in [0.25, 0.3) is 0 Å². The second-order valence-corrected chi connectivity index (χ2v) is 7.35. The minimum absolute atomic E-state index is 0.0949. The van der Waals surface area contributed by atoms with Gasteiger partial charge in [0, 0.05) is 30.3 Å². The first-order valence-electron chi connectivity index (χ1n) is 6.65. The SMILES string of the molecule is COc1cc(NC(=O)C[C@@H]2CCS(=O)(=O)C2)cc(OC)c1. The van der Waals surface area contributed by atoms with Crippen LogP contribution in [0.3, 0.4) is 0 Å². The molecule has 0 saturated carbocycles. The molecule has 116 valence electrons. The molecular formula is C14H19NO5S. The quantitative estimate of drug-likeness (QED) is 0.890. The van der Waals surface area contributed by atoms with Crippen molar-refractivity contribution in [1.82, 2.24) is 0 Å². The van der Waals surface area contributed by atoms with Crippen LogP contribution in [-0.4, -0.2) is 40.1 Å². The normalized spacial score (nSPS) is 20.0. The predicted octanol–water partition coefficient (Wildman–Crippen LogP) is 1.47. The van der Waals surface area contributed by atoms with Crippen molar-refractivity contribution in [2.45, 2.75) is 12.8 Å². The smallest absolute Gasteiger partial charge is 0.224 e. The third kappa shape index (κ3) is 4.35. The molecule has 1 fully saturated rings. The molecule has 1 amide bonds. The van der Waals surface area contributed by atoms with Crippen LogP contribution in [0.2, 0.25) is 0 Å². The highest BCUT2D eigenvalue weighted by Gasteiger charge is 2.29. The maximum atomic E-state index is 12.0. The van der Waals surface area contributed by atoms with Crippen LogP contribution < -0.4 is 14.8 Å². The van der Waals surface area contributed by atoms with Crippen molar-refractivity contribution >= 4 is 21.4 Å². The highest BCUT2D eigenvalue weighted by atomic mass is 32.2. The van der Waals surface area contributed by atoms with Crippen molar-refractivity contribution in [3.63, 3.8) is 0 Å². The van der Waals surface area contributed by atoms with Gasteiger partial charge in [0.2, 0.25) is 5.91 Å². The second-order valence-electron chi connectivity index (χ2n) is 5.12. The van der Waals surface area contributed by atoms with Crippen molar-refractivity contribution in [2.75, 3.05) is 31.0 Å². The molecule has 1 aromatic rings. The van der Waals surface area contributed by atoms with Gasteiger partial charge in [0.1, 0.15) is 11.5 Å². The lowest BCUT2D eigenvalue weighted by Gasteiger charge is -2.11. The molecule has 1 N–H and O–H groups in total. The zero-order chi connectivity index (χ0) is 15.5. The molecule has 0 radical (unpaired) electrons. The average molecular weight is 313 g/mol. The topological polar surface area (TPSA) is 81.7 Å². The molecular weight excluding hydrogens is 294 g/mol. The van der Waals surface area contributed by atoms with Crippen molar-refractivity contribution < 1.29 is 22.7 Å². The summed E-state index contributed by atoms with van der Waals surface area (Å²) >= 11 is 0. The molecule has 0 unspecified atom stereocenters. The van der Waals surface area contributed by atoms with E-state index in [4.69, 9.17) is 9.47 Å². The zero-order valence-electron chi connectivity index (χ0n) is 12.1. The van der Waals surface area contributed by atoms with Gasteiger partial charge in [-0.3, -0.25) is 4.79 Å². The van der Waals surface area contributed by atoms with Gasteiger partial charge in [0.05, 0.1) is 25.7 Å². The summed E-state index contributed by atoms with van der Waals surface area (Å²) in [5.74, 6) is 1.14. The first-order chi connectivity index (χ1) is 9.91. The van der Waals surface area contributed by atoms with E-state index >= 15 is 0 Å². The molecule has 1 saturated heterocycles. The fraction of sp³-hybridized carbons (Fsp3) is 0.500. The Bertz CT molecular complexity index is 604. The number of hydrogen-bond donors (Lipinski definition) is 1. The molecule has 0 bridgehead atoms. The molecule has 0 aliphatic carbocycles. The number of anilines is 1. The van der Waals surface area contributed by atoms with Crippen LogP contribution in [-0.2, 0) is 14.6 Å². The van der Waals surface area contributed by atoms with E-state index in [-0.39, 0.29) is 29.8 Å². The molecule has 0 spiro atoms. The minimum Gasteiger partial charge on any atom is -0.497 e. The molecule has 1 atom stereocenters. The van der Waals surface area contributed by atoms with Gasteiger partial charge in [-0.1, -0.05) is 0 Å². The Morgan fingerprint density at radius 2 is 1.86 bits per heavy atom. The van der Waals surface area contributed by atoms with E-state index in [0.717, 1.165) is 0 Å². The number of carbonyl (C=O) groups is 1. The van der Waals surface area contributed by atoms with Gasteiger partial charge < -0.3 is 14.8 Å². The third-order valence-electron chi connectivity index (χ3n) is 3.44. The summed E-state index contributed by atoms with van der Waals surface area (Å²) in [7, 11) is 0.108. The summed E-state index contributed by atoms with van der Waals surface area (Å²) in [5.41, 5.74) is 0.567. The molecule has 0 aromatic heterocycles. The number of sulfone groups is 1. The van der Waals surface area contributed by atoms with Crippen LogP contribution in [0.4, 0.5) is 5.69 Å². The molecule has 1 aliphatic rings. The lowest BCUT2D eigenvalue weighted by molar-refractivity contribution is -0.116. The largest absolute Gasteiger partial charge is 0.497 e. The number of nitrogens with one attached hydrogen (secondary N) is 1. The van der Waals surface area contributed by atoms with Crippen LogP contribution in [0.5, 0.6) is 11.5 Å². The number of hydrogen-bond acceptors (Lipinski definition) is 5. The lowest BCUT2D eigenvalue weighted by Crippen LogP contribution is -2.17. The van der Waals surface area contributed by atoms with Gasteiger partial charge >= 0.3 is 0 Å². The van der Waals surface area contributed by atoms with E-state index < -0.39 is 9.84 Å². The first kappa shape index (κ1) is 15.6. The zero-order valence-corrected chi connectivity index (χ0v) is 12.9. The van der Waals surface area contributed by atoms with E-state index in [1.807, 2.05) is 0 Å². The first-order valence-corrected chi connectivity index (χ1v) is 8.47. The number of benzene rings is 1. The van der Waals surface area contributed by atoms with E-state index in [1.54, 1.807) is 18.2 Å². The van der Waals surface area contributed by atoms with Gasteiger partial charge in [0.15, 0.2) is 9.84 Å². The van der Waals surface area contributed by atoms with Crippen molar-refractivity contribution in [1.29, 1.82) is 0 Å². The van der Waals surface area contributed by atoms with E-state index in [9.17, 15) is 13.2 Å². The number of amides is 1. The summed E-state index contributed by atoms with van der Waals surface area (Å²) in [6, 6.07) is 5.08. The van der Waals surface area contributed by atoms with Gasteiger partial charge in [-0.2, -0.15) is 0 Å². The third-order valence-corrected chi connectivity index (χ3v) is 5.27. The Hall–Kier alpha value is -1.76. The van der Waals surface area contributed by atoms with Crippen molar-refractivity contribution in [3.05, 3.63) is 18.2 Å². The van der Waals surface area contributed by atoms with Crippen molar-refractivity contribution in [2.24, 2.45) is 5.92 Å². The average Bonchev–Trinajstić information content (AvgIpc) is 2.77. The molecule has 1 aromatic carbocycles. The van der Waals surface area contributed by atoms with Gasteiger partial charge in [-0.25, -0.2) is 8.42 Å². The number of carbonyl (C=O) groups excluding carboxylic acids is 1. The van der Waals surface area contributed by atoms with Crippen LogP contribution >= 0.6 is 0 Å². The summed E-state index contributed by atoms with van der Waals surface area (Å²) in [6.07, 6.45) is 0.760. The number of ether oxygens (including phenoxy) is 2. The van der Waals surface area contributed by atoms with Crippen LogP contribution in [0.15, 0.2) is 18.2 Å². The highest BCUT2D eigenvalue weighted by molar-refractivity contribution is 7.91. The summed E-state index contributed by atoms with van der Waals surface area (Å²) in [6.45, 7) is 0. The maximum Gasteiger partial charge on any atom is 0.224 e. The van der Waals surface area contributed by atoms with E-state index in [0.29, 0.717) is 23.6 Å².